The first-order valence-electron chi connectivity index (χ1n) is 7.54. The highest BCUT2D eigenvalue weighted by Crippen LogP contribution is 2.38. The van der Waals surface area contributed by atoms with Crippen LogP contribution in [0.3, 0.4) is 0 Å². The second kappa shape index (κ2) is 8.55. The average Bonchev–Trinajstić information content (AvgIpc) is 2.60. The number of ether oxygens (including phenoxy) is 3. The van der Waals surface area contributed by atoms with Crippen molar-refractivity contribution in [3.8, 4) is 17.2 Å². The molecule has 0 bridgehead atoms. The molecule has 0 amide bonds. The van der Waals surface area contributed by atoms with Gasteiger partial charge in [-0.05, 0) is 42.8 Å². The summed E-state index contributed by atoms with van der Waals surface area (Å²) >= 11 is 3.27. The van der Waals surface area contributed by atoms with Crippen LogP contribution in [0.2, 0.25) is 0 Å². The van der Waals surface area contributed by atoms with Gasteiger partial charge in [0.25, 0.3) is 0 Å². The highest BCUT2D eigenvalue weighted by molar-refractivity contribution is 9.10. The summed E-state index contributed by atoms with van der Waals surface area (Å²) in [5.74, 6) is 1.46. The van der Waals surface area contributed by atoms with Gasteiger partial charge in [-0.15, -0.1) is 0 Å². The predicted octanol–water partition coefficient (Wildman–Crippen LogP) is 3.34. The van der Waals surface area contributed by atoms with Crippen LogP contribution in [-0.4, -0.2) is 29.2 Å². The Bertz CT molecular complexity index is 814. The fraction of sp³-hybridized carbons (Fsp3) is 0.294. The Hall–Kier alpha value is -1.77. The van der Waals surface area contributed by atoms with E-state index >= 15 is 0 Å². The molecule has 0 spiro atoms. The predicted molar refractivity (Wildman–Crippen MR) is 98.9 cm³/mol. The molecule has 0 saturated heterocycles. The van der Waals surface area contributed by atoms with E-state index in [1.165, 1.54) is 20.3 Å². The van der Waals surface area contributed by atoms with Crippen LogP contribution < -0.4 is 18.9 Å². The van der Waals surface area contributed by atoms with Crippen molar-refractivity contribution in [2.45, 2.75) is 18.4 Å². The van der Waals surface area contributed by atoms with Gasteiger partial charge in [-0.2, -0.15) is 0 Å². The second-order valence-electron chi connectivity index (χ2n) is 5.04. The lowest BCUT2D eigenvalue weighted by Crippen LogP contribution is -2.23. The monoisotopic (exact) mass is 429 g/mol. The lowest BCUT2D eigenvalue weighted by Gasteiger charge is -2.15. The van der Waals surface area contributed by atoms with Gasteiger partial charge in [0.05, 0.1) is 25.7 Å². The number of benzene rings is 2. The average molecular weight is 430 g/mol. The molecule has 0 saturated carbocycles. The van der Waals surface area contributed by atoms with Crippen LogP contribution in [0.1, 0.15) is 12.5 Å². The SMILES string of the molecule is CCOc1c(OC)cc(CNS(=O)(=O)c2cccc(Br)c2)cc1OC. The molecule has 2 rings (SSSR count). The van der Waals surface area contributed by atoms with Gasteiger partial charge in [-0.25, -0.2) is 13.1 Å². The fourth-order valence-corrected chi connectivity index (χ4v) is 3.83. The van der Waals surface area contributed by atoms with E-state index in [1.54, 1.807) is 30.3 Å². The summed E-state index contributed by atoms with van der Waals surface area (Å²) in [6.45, 7) is 2.41. The van der Waals surface area contributed by atoms with Gasteiger partial charge in [0.2, 0.25) is 15.8 Å². The van der Waals surface area contributed by atoms with E-state index in [-0.39, 0.29) is 11.4 Å². The number of sulfonamides is 1. The van der Waals surface area contributed by atoms with Gasteiger partial charge in [0.15, 0.2) is 11.5 Å². The molecular weight excluding hydrogens is 410 g/mol. The number of hydrogen-bond donors (Lipinski definition) is 1. The maximum atomic E-state index is 12.4. The van der Waals surface area contributed by atoms with Crippen LogP contribution in [0.25, 0.3) is 0 Å². The van der Waals surface area contributed by atoms with Crippen molar-refractivity contribution in [1.82, 2.24) is 4.72 Å². The summed E-state index contributed by atoms with van der Waals surface area (Å²) in [5, 5.41) is 0. The van der Waals surface area contributed by atoms with Crippen LogP contribution in [0.15, 0.2) is 45.8 Å². The Morgan fingerprint density at radius 3 is 2.24 bits per heavy atom. The van der Waals surface area contributed by atoms with Crippen molar-refractivity contribution >= 4 is 26.0 Å². The van der Waals surface area contributed by atoms with Crippen LogP contribution in [0.5, 0.6) is 17.2 Å². The zero-order valence-corrected chi connectivity index (χ0v) is 16.6. The maximum Gasteiger partial charge on any atom is 0.240 e. The van der Waals surface area contributed by atoms with E-state index < -0.39 is 10.0 Å². The first-order chi connectivity index (χ1) is 11.9. The third-order valence-electron chi connectivity index (χ3n) is 3.38. The zero-order valence-electron chi connectivity index (χ0n) is 14.2. The summed E-state index contributed by atoms with van der Waals surface area (Å²) in [4.78, 5) is 0.187. The van der Waals surface area contributed by atoms with E-state index in [0.29, 0.717) is 33.9 Å². The highest BCUT2D eigenvalue weighted by atomic mass is 79.9. The Morgan fingerprint density at radius 1 is 1.08 bits per heavy atom. The smallest absolute Gasteiger partial charge is 0.240 e. The minimum atomic E-state index is -3.63. The molecule has 0 aliphatic heterocycles. The third kappa shape index (κ3) is 4.87. The lowest BCUT2D eigenvalue weighted by molar-refractivity contribution is 0.288. The fourth-order valence-electron chi connectivity index (χ4n) is 2.22. The highest BCUT2D eigenvalue weighted by Gasteiger charge is 2.17. The van der Waals surface area contributed by atoms with Gasteiger partial charge in [-0.3, -0.25) is 0 Å². The van der Waals surface area contributed by atoms with E-state index in [4.69, 9.17) is 14.2 Å². The minimum Gasteiger partial charge on any atom is -0.493 e. The molecule has 8 heteroatoms. The minimum absolute atomic E-state index is 0.0912. The van der Waals surface area contributed by atoms with Crippen molar-refractivity contribution in [2.24, 2.45) is 0 Å². The van der Waals surface area contributed by atoms with Gasteiger partial charge >= 0.3 is 0 Å². The molecule has 0 atom stereocenters. The summed E-state index contributed by atoms with van der Waals surface area (Å²) < 4.78 is 44.3. The summed E-state index contributed by atoms with van der Waals surface area (Å²) in [7, 11) is -0.592. The topological polar surface area (TPSA) is 73.9 Å². The molecule has 136 valence electrons. The van der Waals surface area contributed by atoms with Crippen molar-refractivity contribution in [2.75, 3.05) is 20.8 Å². The number of rotatable bonds is 8. The molecule has 2 aromatic rings. The first-order valence-corrected chi connectivity index (χ1v) is 9.81. The number of nitrogens with one attached hydrogen (secondary N) is 1. The molecule has 0 fully saturated rings. The Labute approximate surface area is 156 Å². The molecule has 0 radical (unpaired) electrons. The van der Waals surface area contributed by atoms with E-state index in [0.717, 1.165) is 0 Å². The molecular formula is C17H20BrNO5S. The van der Waals surface area contributed by atoms with Crippen molar-refractivity contribution < 1.29 is 22.6 Å². The molecule has 6 nitrogen and oxygen atoms in total. The number of methoxy groups -OCH3 is 2. The first kappa shape index (κ1) is 19.6. The van der Waals surface area contributed by atoms with Gasteiger partial charge in [0.1, 0.15) is 0 Å². The Balaban J connectivity index is 2.25. The van der Waals surface area contributed by atoms with Crippen LogP contribution in [0.4, 0.5) is 0 Å². The summed E-state index contributed by atoms with van der Waals surface area (Å²) in [5.41, 5.74) is 0.690. The third-order valence-corrected chi connectivity index (χ3v) is 5.27. The van der Waals surface area contributed by atoms with E-state index in [1.807, 2.05) is 6.92 Å². The van der Waals surface area contributed by atoms with Gasteiger partial charge in [0, 0.05) is 11.0 Å². The summed E-state index contributed by atoms with van der Waals surface area (Å²) in [6, 6.07) is 9.95. The summed E-state index contributed by atoms with van der Waals surface area (Å²) in [6.07, 6.45) is 0. The standard InChI is InChI=1S/C17H20BrNO5S/c1-4-24-17-15(22-2)8-12(9-16(17)23-3)11-19-25(20,21)14-7-5-6-13(18)10-14/h5-10,19H,4,11H2,1-3H3. The molecule has 1 N–H and O–H groups in total. The Morgan fingerprint density at radius 2 is 1.72 bits per heavy atom. The largest absolute Gasteiger partial charge is 0.493 e. The second-order valence-corrected chi connectivity index (χ2v) is 7.73. The zero-order chi connectivity index (χ0) is 18.4. The number of hydrogen-bond acceptors (Lipinski definition) is 5. The van der Waals surface area contributed by atoms with Crippen molar-refractivity contribution in [3.05, 3.63) is 46.4 Å². The van der Waals surface area contributed by atoms with Gasteiger partial charge < -0.3 is 14.2 Å². The van der Waals surface area contributed by atoms with Crippen LogP contribution in [-0.2, 0) is 16.6 Å². The molecule has 0 unspecified atom stereocenters. The van der Waals surface area contributed by atoms with Crippen LogP contribution in [0, 0.1) is 0 Å². The molecule has 0 heterocycles. The molecule has 2 aromatic carbocycles. The molecule has 25 heavy (non-hydrogen) atoms. The van der Waals surface area contributed by atoms with E-state index in [2.05, 4.69) is 20.7 Å². The molecule has 0 aliphatic carbocycles. The molecule has 0 aromatic heterocycles. The van der Waals surface area contributed by atoms with Crippen molar-refractivity contribution in [1.29, 1.82) is 0 Å². The maximum absolute atomic E-state index is 12.4. The van der Waals surface area contributed by atoms with Crippen molar-refractivity contribution in [3.63, 3.8) is 0 Å². The molecule has 0 aliphatic rings. The number of halogens is 1. The van der Waals surface area contributed by atoms with E-state index in [9.17, 15) is 8.42 Å². The normalized spacial score (nSPS) is 11.2. The van der Waals surface area contributed by atoms with Crippen LogP contribution >= 0.6 is 15.9 Å². The lowest BCUT2D eigenvalue weighted by atomic mass is 10.2. The quantitative estimate of drug-likeness (QED) is 0.696. The van der Waals surface area contributed by atoms with Gasteiger partial charge in [-0.1, -0.05) is 22.0 Å². The Kier molecular flexibility index (Phi) is 6.69.